The zero-order chi connectivity index (χ0) is 28.4. The van der Waals surface area contributed by atoms with Crippen molar-refractivity contribution in [2.24, 2.45) is 4.99 Å². The number of aromatic nitrogens is 1. The number of ether oxygens (including phenoxy) is 2. The molecule has 0 radical (unpaired) electrons. The van der Waals surface area contributed by atoms with Crippen LogP contribution in [0.4, 0.5) is 5.69 Å². The molecule has 0 unspecified atom stereocenters. The number of rotatable bonds is 7. The van der Waals surface area contributed by atoms with E-state index < -0.39 is 6.04 Å². The van der Waals surface area contributed by atoms with Crippen LogP contribution in [0.15, 0.2) is 87.8 Å². The summed E-state index contributed by atoms with van der Waals surface area (Å²) in [6.45, 7) is 4.28. The number of para-hydroxylation sites is 1. The number of carbonyl (C=O) groups is 1. The number of amides is 1. The van der Waals surface area contributed by atoms with Gasteiger partial charge in [0.2, 0.25) is 0 Å². The highest BCUT2D eigenvalue weighted by molar-refractivity contribution is 14.1. The Labute approximate surface area is 262 Å². The van der Waals surface area contributed by atoms with Gasteiger partial charge in [-0.1, -0.05) is 41.7 Å². The molecule has 3 aromatic carbocycles. The summed E-state index contributed by atoms with van der Waals surface area (Å²) in [5.41, 5.74) is 3.11. The first-order chi connectivity index (χ1) is 19.3. The fourth-order valence-corrected chi connectivity index (χ4v) is 7.87. The van der Waals surface area contributed by atoms with E-state index in [0.717, 1.165) is 29.8 Å². The maximum absolute atomic E-state index is 14.0. The Hall–Kier alpha value is -2.97. The summed E-state index contributed by atoms with van der Waals surface area (Å²) >= 11 is 5.77. The lowest BCUT2D eigenvalue weighted by molar-refractivity contribution is -0.113. The van der Waals surface area contributed by atoms with Gasteiger partial charge < -0.3 is 14.8 Å². The lowest BCUT2D eigenvalue weighted by Gasteiger charge is -2.25. The van der Waals surface area contributed by atoms with Gasteiger partial charge in [0.1, 0.15) is 11.5 Å². The number of hydrogen-bond acceptors (Lipinski definition) is 6. The third kappa shape index (κ3) is 5.75. The maximum Gasteiger partial charge on any atom is 0.271 e. The molecule has 0 fully saturated rings. The minimum Gasteiger partial charge on any atom is -0.495 e. The zero-order valence-corrected chi connectivity index (χ0v) is 27.0. The Morgan fingerprint density at radius 1 is 1.10 bits per heavy atom. The van der Waals surface area contributed by atoms with Crippen LogP contribution in [0, 0.1) is 7.14 Å². The quantitative estimate of drug-likeness (QED) is 0.252. The number of allylic oxidation sites excluding steroid dienone is 1. The SMILES string of the molecule is CCOc1ccc([C@H]2C(C(=O)Nc3ccccc3)=C(C)N=c3s/c(=C\c4cc(I)c(OC)c(I)c4)c(=O)n32)cc1. The number of methoxy groups -OCH3 is 1. The Balaban J connectivity index is 1.66. The highest BCUT2D eigenvalue weighted by atomic mass is 127. The summed E-state index contributed by atoms with van der Waals surface area (Å²) in [5, 5.41) is 2.98. The number of nitrogens with one attached hydrogen (secondary N) is 1. The molecule has 7 nitrogen and oxygen atoms in total. The van der Waals surface area contributed by atoms with Crippen LogP contribution in [-0.4, -0.2) is 24.2 Å². The molecule has 1 aliphatic rings. The first kappa shape index (κ1) is 28.6. The van der Waals surface area contributed by atoms with Crippen molar-refractivity contribution in [2.75, 3.05) is 19.0 Å². The molecular weight excluding hydrogens is 752 g/mol. The zero-order valence-electron chi connectivity index (χ0n) is 21.9. The van der Waals surface area contributed by atoms with E-state index in [1.54, 1.807) is 11.7 Å². The number of anilines is 1. The van der Waals surface area contributed by atoms with Crippen LogP contribution < -0.4 is 29.7 Å². The van der Waals surface area contributed by atoms with Crippen molar-refractivity contribution in [3.05, 3.63) is 116 Å². The molecule has 1 amide bonds. The predicted molar refractivity (Wildman–Crippen MR) is 175 cm³/mol. The van der Waals surface area contributed by atoms with E-state index in [0.29, 0.717) is 32.9 Å². The molecule has 10 heteroatoms. The number of fused-ring (bicyclic) bond motifs is 1. The lowest BCUT2D eigenvalue weighted by Crippen LogP contribution is -2.40. The predicted octanol–water partition coefficient (Wildman–Crippen LogP) is 5.49. The maximum atomic E-state index is 14.0. The van der Waals surface area contributed by atoms with Gasteiger partial charge in [-0.3, -0.25) is 14.2 Å². The Morgan fingerprint density at radius 3 is 2.40 bits per heavy atom. The highest BCUT2D eigenvalue weighted by Crippen LogP contribution is 2.32. The second-order valence-corrected chi connectivity index (χ2v) is 12.3. The molecule has 4 aromatic rings. The third-order valence-electron chi connectivity index (χ3n) is 6.33. The fraction of sp³-hybridized carbons (Fsp3) is 0.167. The van der Waals surface area contributed by atoms with E-state index >= 15 is 0 Å². The molecule has 0 aliphatic carbocycles. The third-order valence-corrected chi connectivity index (χ3v) is 8.91. The molecule has 1 N–H and O–H groups in total. The van der Waals surface area contributed by atoms with E-state index in [2.05, 4.69) is 50.5 Å². The standard InChI is InChI=1S/C30H25I2N3O4S/c1-4-39-21-12-10-19(11-13-21)26-25(28(36)34-20-8-6-5-7-9-20)17(2)33-30-35(26)29(37)24(40-30)16-18-14-22(31)27(38-3)23(32)15-18/h5-16,26H,4H2,1-3H3,(H,34,36)/b24-16-/t26-/m0/s1. The minimum atomic E-state index is -0.658. The van der Waals surface area contributed by atoms with Crippen molar-refractivity contribution < 1.29 is 14.3 Å². The van der Waals surface area contributed by atoms with Gasteiger partial charge in [0.15, 0.2) is 4.80 Å². The van der Waals surface area contributed by atoms with E-state index in [4.69, 9.17) is 14.5 Å². The van der Waals surface area contributed by atoms with Crippen molar-refractivity contribution in [3.8, 4) is 11.5 Å². The molecule has 40 heavy (non-hydrogen) atoms. The van der Waals surface area contributed by atoms with E-state index in [1.165, 1.54) is 11.3 Å². The highest BCUT2D eigenvalue weighted by Gasteiger charge is 2.32. The number of benzene rings is 3. The van der Waals surface area contributed by atoms with Gasteiger partial charge in [0, 0.05) is 5.69 Å². The largest absolute Gasteiger partial charge is 0.495 e. The van der Waals surface area contributed by atoms with Crippen molar-refractivity contribution >= 4 is 74.2 Å². The first-order valence-electron chi connectivity index (χ1n) is 12.5. The lowest BCUT2D eigenvalue weighted by atomic mass is 9.95. The van der Waals surface area contributed by atoms with Crippen LogP contribution in [-0.2, 0) is 4.79 Å². The van der Waals surface area contributed by atoms with E-state index in [-0.39, 0.29) is 11.5 Å². The second-order valence-electron chi connectivity index (χ2n) is 8.92. The minimum absolute atomic E-state index is 0.207. The van der Waals surface area contributed by atoms with Gasteiger partial charge in [-0.15, -0.1) is 0 Å². The molecule has 5 rings (SSSR count). The van der Waals surface area contributed by atoms with Gasteiger partial charge in [0.05, 0.1) is 42.7 Å². The molecule has 1 aliphatic heterocycles. The van der Waals surface area contributed by atoms with Crippen LogP contribution in [0.2, 0.25) is 0 Å². The molecule has 204 valence electrons. The number of nitrogens with zero attached hydrogens (tertiary/aromatic N) is 2. The number of halogens is 2. The molecule has 0 saturated heterocycles. The van der Waals surface area contributed by atoms with Crippen molar-refractivity contribution in [3.63, 3.8) is 0 Å². The molecule has 0 spiro atoms. The second kappa shape index (κ2) is 12.3. The first-order valence-corrected chi connectivity index (χ1v) is 15.4. The molecule has 1 atom stereocenters. The van der Waals surface area contributed by atoms with Crippen LogP contribution in [0.1, 0.15) is 31.0 Å². The summed E-state index contributed by atoms with van der Waals surface area (Å²) in [6, 6.07) is 20.1. The van der Waals surface area contributed by atoms with E-state index in [9.17, 15) is 9.59 Å². The Morgan fingerprint density at radius 2 is 1.77 bits per heavy atom. The van der Waals surface area contributed by atoms with E-state index in [1.807, 2.05) is 86.7 Å². The molecular formula is C30H25I2N3O4S. The average Bonchev–Trinajstić information content (AvgIpc) is 3.23. The van der Waals surface area contributed by atoms with Gasteiger partial charge in [0.25, 0.3) is 11.5 Å². The summed E-state index contributed by atoms with van der Waals surface area (Å²) in [7, 11) is 1.65. The molecule has 0 bridgehead atoms. The van der Waals surface area contributed by atoms with Crippen LogP contribution in [0.3, 0.4) is 0 Å². The van der Waals surface area contributed by atoms with Crippen molar-refractivity contribution in [1.29, 1.82) is 0 Å². The molecule has 2 heterocycles. The van der Waals surface area contributed by atoms with Gasteiger partial charge in [-0.2, -0.15) is 0 Å². The van der Waals surface area contributed by atoms with Gasteiger partial charge in [-0.25, -0.2) is 4.99 Å². The monoisotopic (exact) mass is 777 g/mol. The summed E-state index contributed by atoms with van der Waals surface area (Å²) in [4.78, 5) is 32.9. The van der Waals surface area contributed by atoms with Gasteiger partial charge in [-0.05, 0) is 113 Å². The molecule has 0 saturated carbocycles. The number of thiazole rings is 1. The number of carbonyl (C=O) groups excluding carboxylic acids is 1. The van der Waals surface area contributed by atoms with Crippen molar-refractivity contribution in [2.45, 2.75) is 19.9 Å². The van der Waals surface area contributed by atoms with Crippen LogP contribution in [0.5, 0.6) is 11.5 Å². The summed E-state index contributed by atoms with van der Waals surface area (Å²) in [5.74, 6) is 1.22. The molecule has 1 aromatic heterocycles. The van der Waals surface area contributed by atoms with Crippen molar-refractivity contribution in [1.82, 2.24) is 4.57 Å². The Bertz CT molecular complexity index is 1770. The topological polar surface area (TPSA) is 81.9 Å². The van der Waals surface area contributed by atoms with Crippen LogP contribution in [0.25, 0.3) is 6.08 Å². The number of hydrogen-bond donors (Lipinski definition) is 1. The van der Waals surface area contributed by atoms with Gasteiger partial charge >= 0.3 is 0 Å². The average molecular weight is 777 g/mol. The smallest absolute Gasteiger partial charge is 0.271 e. The fourth-order valence-electron chi connectivity index (χ4n) is 4.57. The normalized spacial score (nSPS) is 14.9. The summed E-state index contributed by atoms with van der Waals surface area (Å²) < 4.78 is 15.2. The summed E-state index contributed by atoms with van der Waals surface area (Å²) in [6.07, 6.45) is 1.87. The Kier molecular flexibility index (Phi) is 8.76. The van der Waals surface area contributed by atoms with Crippen LogP contribution >= 0.6 is 56.5 Å².